The number of aliphatic hydroxyl groups is 1. The Bertz CT molecular complexity index is 1760. The molecule has 1 atom stereocenters. The fourth-order valence-electron chi connectivity index (χ4n) is 6.56. The lowest BCUT2D eigenvalue weighted by Gasteiger charge is -2.36. The highest BCUT2D eigenvalue weighted by Crippen LogP contribution is 2.46. The summed E-state index contributed by atoms with van der Waals surface area (Å²) in [6.07, 6.45) is 2.48. The van der Waals surface area contributed by atoms with Gasteiger partial charge in [-0.2, -0.15) is 0 Å². The molecular weight excluding hydrogens is 529 g/mol. The van der Waals surface area contributed by atoms with E-state index in [1.165, 1.54) is 0 Å². The predicted molar refractivity (Wildman–Crippen MR) is 171 cm³/mol. The number of pyridine rings is 1. The van der Waals surface area contributed by atoms with Gasteiger partial charge in [0.05, 0.1) is 63.1 Å². The van der Waals surface area contributed by atoms with E-state index in [4.69, 9.17) is 4.98 Å². The van der Waals surface area contributed by atoms with E-state index in [1.807, 2.05) is 49.6 Å². The van der Waals surface area contributed by atoms with Gasteiger partial charge in [-0.25, -0.2) is 13.5 Å². The van der Waals surface area contributed by atoms with Gasteiger partial charge in [-0.15, -0.1) is 5.10 Å². The number of alkyl halides is 2. The summed E-state index contributed by atoms with van der Waals surface area (Å²) in [5, 5.41) is 20.5. The Morgan fingerprint density at radius 2 is 1.69 bits per heavy atom. The van der Waals surface area contributed by atoms with Crippen LogP contribution in [0.2, 0.25) is 0 Å². The molecule has 11 heteroatoms. The largest absolute Gasteiger partial charge is 0.386 e. The lowest BCUT2D eigenvalue weighted by atomic mass is 9.41. The molecule has 1 aliphatic rings. The maximum absolute atomic E-state index is 14.4. The van der Waals surface area contributed by atoms with Crippen LogP contribution in [-0.2, 0) is 17.8 Å². The van der Waals surface area contributed by atoms with Gasteiger partial charge in [0, 0.05) is 37.0 Å². The summed E-state index contributed by atoms with van der Waals surface area (Å²) in [5.74, 6) is -2.62. The minimum Gasteiger partial charge on any atom is -0.386 e. The number of nitrogens with zero attached hydrogens (tertiary/aromatic N) is 5. The Morgan fingerprint density at radius 3 is 2.33 bits per heavy atom. The van der Waals surface area contributed by atoms with Crippen LogP contribution in [0.1, 0.15) is 62.4 Å². The Hall–Kier alpha value is -3.46. The molecule has 0 bridgehead atoms. The Labute approximate surface area is 247 Å². The molecule has 214 valence electrons. The molecule has 42 heavy (non-hydrogen) atoms. The van der Waals surface area contributed by atoms with Crippen molar-refractivity contribution in [2.24, 2.45) is 13.0 Å². The van der Waals surface area contributed by atoms with Crippen LogP contribution in [0.25, 0.3) is 33.2 Å². The first-order valence-electron chi connectivity index (χ1n) is 14.7. The van der Waals surface area contributed by atoms with Crippen molar-refractivity contribution >= 4 is 45.5 Å². The molecule has 1 saturated carbocycles. The lowest BCUT2D eigenvalue weighted by molar-refractivity contribution is -0.0493. The predicted octanol–water partition coefficient (Wildman–Crippen LogP) is 3.64. The molecule has 1 aliphatic carbocycles. The third kappa shape index (κ3) is 5.06. The zero-order valence-corrected chi connectivity index (χ0v) is 25.2. The smallest absolute Gasteiger partial charge is 0.248 e. The molecular formula is C31H36B3F2N5O. The van der Waals surface area contributed by atoms with E-state index in [9.17, 15) is 13.9 Å². The normalized spacial score (nSPS) is 17.2. The van der Waals surface area contributed by atoms with Crippen molar-refractivity contribution in [1.82, 2.24) is 24.5 Å². The van der Waals surface area contributed by atoms with Gasteiger partial charge in [0.1, 0.15) is 0 Å². The summed E-state index contributed by atoms with van der Waals surface area (Å²) in [7, 11) is 8.24. The maximum Gasteiger partial charge on any atom is 0.248 e. The number of hydrogen-bond donors (Lipinski definition) is 1. The zero-order chi connectivity index (χ0) is 30.0. The van der Waals surface area contributed by atoms with Gasteiger partial charge in [-0.3, -0.25) is 4.98 Å². The molecule has 0 aliphatic heterocycles. The van der Waals surface area contributed by atoms with Gasteiger partial charge < -0.3 is 9.67 Å². The van der Waals surface area contributed by atoms with Crippen molar-refractivity contribution < 1.29 is 13.9 Å². The molecule has 0 amide bonds. The van der Waals surface area contributed by atoms with Crippen molar-refractivity contribution in [1.29, 1.82) is 0 Å². The molecule has 0 spiro atoms. The molecule has 6 nitrogen and oxygen atoms in total. The number of benzene rings is 2. The maximum atomic E-state index is 14.4. The van der Waals surface area contributed by atoms with Gasteiger partial charge in [0.15, 0.2) is 0 Å². The van der Waals surface area contributed by atoms with Crippen LogP contribution in [0.15, 0.2) is 60.8 Å². The number of aryl methyl sites for hydroxylation is 1. The highest BCUT2D eigenvalue weighted by Gasteiger charge is 2.39. The third-order valence-corrected chi connectivity index (χ3v) is 8.78. The van der Waals surface area contributed by atoms with Crippen LogP contribution >= 0.6 is 0 Å². The molecule has 3 aromatic heterocycles. The number of hydrogen-bond acceptors (Lipinski definition) is 4. The summed E-state index contributed by atoms with van der Waals surface area (Å²) >= 11 is 0. The van der Waals surface area contributed by atoms with Crippen LogP contribution < -0.4 is 0 Å². The first-order valence-corrected chi connectivity index (χ1v) is 14.7. The molecule has 3 heterocycles. The average Bonchev–Trinajstić information content (AvgIpc) is 3.47. The molecule has 1 fully saturated rings. The summed E-state index contributed by atoms with van der Waals surface area (Å²) in [4.78, 5) is 5.01. The highest BCUT2D eigenvalue weighted by molar-refractivity contribution is 6.59. The minimum absolute atomic E-state index is 0.00350. The standard InChI is InChI=1S/C31H36B3F2N5O/c1-29(2,42)21-9-10-22-23(16-21)41(26(18-7-5-4-6-8-18)19-11-13-30(35,36)14-12-19)24-15-20(17-37-25(22)24)27-28(31(32,33)34)38-39-40(27)3/h4-10,15-17,19,26,42H,11-14,32-34H2,1-3H3. The van der Waals surface area contributed by atoms with E-state index >= 15 is 0 Å². The van der Waals surface area contributed by atoms with Crippen molar-refractivity contribution in [2.45, 2.75) is 62.2 Å². The van der Waals surface area contributed by atoms with E-state index in [2.05, 4.69) is 56.6 Å². The summed E-state index contributed by atoms with van der Waals surface area (Å²) in [6, 6.07) is 18.2. The van der Waals surface area contributed by atoms with Crippen LogP contribution in [0.3, 0.4) is 0 Å². The van der Waals surface area contributed by atoms with Crippen molar-refractivity contribution in [3.05, 3.63) is 77.6 Å². The van der Waals surface area contributed by atoms with Gasteiger partial charge in [0.25, 0.3) is 0 Å². The van der Waals surface area contributed by atoms with Crippen LogP contribution in [0.5, 0.6) is 0 Å². The number of halogens is 2. The van der Waals surface area contributed by atoms with Crippen molar-refractivity contribution in [3.8, 4) is 11.3 Å². The fraction of sp³-hybridized carbons (Fsp3) is 0.387. The average molecular weight is 565 g/mol. The molecule has 0 saturated heterocycles. The Balaban J connectivity index is 1.67. The number of rotatable bonds is 6. The summed E-state index contributed by atoms with van der Waals surface area (Å²) in [5.41, 5.74) is 6.18. The topological polar surface area (TPSA) is 68.8 Å². The number of fused-ring (bicyclic) bond motifs is 3. The van der Waals surface area contributed by atoms with Crippen molar-refractivity contribution in [2.75, 3.05) is 0 Å². The summed E-state index contributed by atoms with van der Waals surface area (Å²) in [6.45, 7) is 3.55. The summed E-state index contributed by atoms with van der Waals surface area (Å²) < 4.78 is 32.9. The lowest BCUT2D eigenvalue weighted by Crippen LogP contribution is -2.30. The SMILES string of the molecule is BC(B)(B)c1nnn(C)c1-c1cnc2c3ccc(C(C)(C)O)cc3n(C(c3ccccc3)C3CCC(F)(F)CC3)c2c1. The molecule has 2 aromatic carbocycles. The van der Waals surface area contributed by atoms with E-state index in [-0.39, 0.29) is 29.9 Å². The molecule has 5 aromatic rings. The zero-order valence-electron chi connectivity index (χ0n) is 25.2. The quantitative estimate of drug-likeness (QED) is 0.320. The second kappa shape index (κ2) is 10.1. The van der Waals surface area contributed by atoms with Crippen LogP contribution in [0, 0.1) is 5.92 Å². The van der Waals surface area contributed by atoms with E-state index in [0.29, 0.717) is 12.8 Å². The Kier molecular flexibility index (Phi) is 6.87. The van der Waals surface area contributed by atoms with Crippen LogP contribution in [0.4, 0.5) is 8.78 Å². The fourth-order valence-corrected chi connectivity index (χ4v) is 6.56. The van der Waals surface area contributed by atoms with E-state index in [1.54, 1.807) is 18.5 Å². The van der Waals surface area contributed by atoms with Crippen LogP contribution in [-0.4, -0.2) is 59.1 Å². The first kappa shape index (κ1) is 28.7. The monoisotopic (exact) mass is 565 g/mol. The number of aromatic nitrogens is 5. The second-order valence-corrected chi connectivity index (χ2v) is 13.5. The van der Waals surface area contributed by atoms with Gasteiger partial charge in [-0.05, 0) is 55.9 Å². The van der Waals surface area contributed by atoms with Gasteiger partial charge in [-0.1, -0.05) is 52.8 Å². The first-order chi connectivity index (χ1) is 19.7. The van der Waals surface area contributed by atoms with Crippen molar-refractivity contribution in [3.63, 3.8) is 0 Å². The Morgan fingerprint density at radius 1 is 1.00 bits per heavy atom. The van der Waals surface area contributed by atoms with E-state index in [0.717, 1.165) is 50.0 Å². The highest BCUT2D eigenvalue weighted by atomic mass is 19.3. The molecule has 0 radical (unpaired) electrons. The molecule has 1 unspecified atom stereocenters. The van der Waals surface area contributed by atoms with Gasteiger partial charge >= 0.3 is 0 Å². The second-order valence-electron chi connectivity index (χ2n) is 13.5. The third-order valence-electron chi connectivity index (χ3n) is 8.78. The minimum atomic E-state index is -2.63. The van der Waals surface area contributed by atoms with Gasteiger partial charge in [0.2, 0.25) is 5.92 Å². The molecule has 6 rings (SSSR count). The molecule has 1 N–H and O–H groups in total. The van der Waals surface area contributed by atoms with E-state index < -0.39 is 11.5 Å².